The summed E-state index contributed by atoms with van der Waals surface area (Å²) in [6, 6.07) is 6.83. The van der Waals surface area contributed by atoms with Crippen LogP contribution in [0.3, 0.4) is 0 Å². The van der Waals surface area contributed by atoms with Gasteiger partial charge >= 0.3 is 0 Å². The summed E-state index contributed by atoms with van der Waals surface area (Å²) in [4.78, 5) is 20.1. The molecule has 0 aliphatic heterocycles. The van der Waals surface area contributed by atoms with Crippen LogP contribution in [0.15, 0.2) is 49.2 Å². The van der Waals surface area contributed by atoms with Crippen molar-refractivity contribution in [3.63, 3.8) is 0 Å². The number of amides is 1. The Morgan fingerprint density at radius 2 is 2.26 bits per heavy atom. The Morgan fingerprint density at radius 1 is 1.37 bits per heavy atom. The second kappa shape index (κ2) is 4.70. The molecule has 0 saturated heterocycles. The molecule has 3 aromatic heterocycles. The quantitative estimate of drug-likeness (QED) is 0.780. The van der Waals surface area contributed by atoms with E-state index in [1.165, 1.54) is 0 Å². The lowest BCUT2D eigenvalue weighted by Crippen LogP contribution is -2.13. The van der Waals surface area contributed by atoms with Crippen molar-refractivity contribution in [3.05, 3.63) is 59.8 Å². The number of hydrogen-bond donors (Lipinski definition) is 1. The summed E-state index contributed by atoms with van der Waals surface area (Å²) in [6.45, 7) is 0. The van der Waals surface area contributed by atoms with Crippen LogP contribution in [0.5, 0.6) is 0 Å². The molecule has 0 radical (unpaired) electrons. The Bertz CT molecular complexity index is 753. The molecule has 3 rings (SSSR count). The second-order valence-corrected chi connectivity index (χ2v) is 4.34. The average Bonchev–Trinajstić information content (AvgIpc) is 2.88. The molecule has 0 spiro atoms. The number of anilines is 1. The molecule has 3 heterocycles. The molecule has 0 unspecified atom stereocenters. The minimum Gasteiger partial charge on any atom is -0.306 e. The summed E-state index contributed by atoms with van der Waals surface area (Å²) in [5.41, 5.74) is 1.37. The van der Waals surface area contributed by atoms with Crippen LogP contribution in [0, 0.1) is 0 Å². The van der Waals surface area contributed by atoms with Crippen molar-refractivity contribution in [1.82, 2.24) is 14.4 Å². The number of pyridine rings is 2. The topological polar surface area (TPSA) is 59.3 Å². The number of carbonyl (C=O) groups excluding carboxylic acids is 1. The Hall–Kier alpha value is -2.40. The van der Waals surface area contributed by atoms with E-state index in [4.69, 9.17) is 11.6 Å². The zero-order valence-electron chi connectivity index (χ0n) is 9.75. The molecular formula is C13H9ClN4O. The molecule has 1 amide bonds. The van der Waals surface area contributed by atoms with Gasteiger partial charge in [-0.2, -0.15) is 0 Å². The highest BCUT2D eigenvalue weighted by molar-refractivity contribution is 6.33. The Kier molecular flexibility index (Phi) is 2.89. The maximum absolute atomic E-state index is 12.1. The number of halogens is 1. The number of hydrogen-bond acceptors (Lipinski definition) is 3. The molecule has 5 nitrogen and oxygen atoms in total. The molecule has 3 aromatic rings. The van der Waals surface area contributed by atoms with Gasteiger partial charge in [-0.1, -0.05) is 11.6 Å². The van der Waals surface area contributed by atoms with Gasteiger partial charge in [-0.15, -0.1) is 0 Å². The van der Waals surface area contributed by atoms with Gasteiger partial charge in [0.25, 0.3) is 5.91 Å². The fourth-order valence-corrected chi connectivity index (χ4v) is 1.89. The van der Waals surface area contributed by atoms with Crippen molar-refractivity contribution in [3.8, 4) is 0 Å². The minimum absolute atomic E-state index is 0.260. The number of imidazole rings is 1. The lowest BCUT2D eigenvalue weighted by atomic mass is 10.2. The van der Waals surface area contributed by atoms with Crippen LogP contribution in [0.1, 0.15) is 10.4 Å². The molecule has 0 aliphatic carbocycles. The highest BCUT2D eigenvalue weighted by Crippen LogP contribution is 2.18. The number of carbonyl (C=O) groups is 1. The number of rotatable bonds is 2. The van der Waals surface area contributed by atoms with Crippen LogP contribution in [0.4, 0.5) is 5.82 Å². The first-order valence-corrected chi connectivity index (χ1v) is 5.95. The van der Waals surface area contributed by atoms with Crippen molar-refractivity contribution < 1.29 is 4.79 Å². The largest absolute Gasteiger partial charge is 0.306 e. The fraction of sp³-hybridized carbons (Fsp3) is 0. The fourth-order valence-electron chi connectivity index (χ4n) is 1.72. The third-order valence-corrected chi connectivity index (χ3v) is 2.97. The third-order valence-electron chi connectivity index (χ3n) is 2.67. The van der Waals surface area contributed by atoms with E-state index in [9.17, 15) is 4.79 Å². The van der Waals surface area contributed by atoms with Gasteiger partial charge in [0.1, 0.15) is 0 Å². The Morgan fingerprint density at radius 3 is 3.11 bits per heavy atom. The van der Waals surface area contributed by atoms with Gasteiger partial charge in [0.2, 0.25) is 0 Å². The number of fused-ring (bicyclic) bond motifs is 1. The van der Waals surface area contributed by atoms with E-state index in [0.717, 1.165) is 5.52 Å². The zero-order chi connectivity index (χ0) is 13.2. The molecule has 0 atom stereocenters. The van der Waals surface area contributed by atoms with E-state index < -0.39 is 0 Å². The standard InChI is InChI=1S/C13H9ClN4O/c14-11-2-1-4-16-12(11)17-13(19)9-3-5-18-8-15-7-10(18)6-9/h1-8H,(H,16,17,19). The molecule has 0 saturated carbocycles. The Labute approximate surface area is 113 Å². The van der Waals surface area contributed by atoms with E-state index in [0.29, 0.717) is 16.4 Å². The summed E-state index contributed by atoms with van der Waals surface area (Å²) in [7, 11) is 0. The highest BCUT2D eigenvalue weighted by Gasteiger charge is 2.09. The van der Waals surface area contributed by atoms with Gasteiger partial charge in [0, 0.05) is 18.0 Å². The number of nitrogens with one attached hydrogen (secondary N) is 1. The third kappa shape index (κ3) is 2.28. The van der Waals surface area contributed by atoms with E-state index >= 15 is 0 Å². The smallest absolute Gasteiger partial charge is 0.256 e. The Balaban J connectivity index is 1.89. The van der Waals surface area contributed by atoms with Crippen LogP contribution >= 0.6 is 11.6 Å². The van der Waals surface area contributed by atoms with Crippen molar-refractivity contribution in [2.45, 2.75) is 0 Å². The number of aromatic nitrogens is 3. The van der Waals surface area contributed by atoms with Gasteiger partial charge in [0.15, 0.2) is 5.82 Å². The van der Waals surface area contributed by atoms with E-state index in [1.54, 1.807) is 49.2 Å². The van der Waals surface area contributed by atoms with Gasteiger partial charge in [-0.3, -0.25) is 4.79 Å². The van der Waals surface area contributed by atoms with Gasteiger partial charge in [-0.25, -0.2) is 9.97 Å². The lowest BCUT2D eigenvalue weighted by molar-refractivity contribution is 0.102. The van der Waals surface area contributed by atoms with Gasteiger partial charge in [0.05, 0.1) is 23.1 Å². The maximum atomic E-state index is 12.1. The van der Waals surface area contributed by atoms with Crippen molar-refractivity contribution in [1.29, 1.82) is 0 Å². The van der Waals surface area contributed by atoms with E-state index in [1.807, 2.05) is 4.40 Å². The molecule has 94 valence electrons. The molecular weight excluding hydrogens is 264 g/mol. The zero-order valence-corrected chi connectivity index (χ0v) is 10.5. The molecule has 0 aliphatic rings. The van der Waals surface area contributed by atoms with Crippen LogP contribution in [0.2, 0.25) is 5.02 Å². The molecule has 6 heteroatoms. The second-order valence-electron chi connectivity index (χ2n) is 3.93. The molecule has 19 heavy (non-hydrogen) atoms. The normalized spacial score (nSPS) is 10.6. The SMILES string of the molecule is O=C(Nc1ncccc1Cl)c1ccn2cncc2c1. The van der Waals surface area contributed by atoms with Crippen LogP contribution < -0.4 is 5.32 Å². The van der Waals surface area contributed by atoms with Gasteiger partial charge < -0.3 is 9.72 Å². The van der Waals surface area contributed by atoms with Crippen LogP contribution in [-0.2, 0) is 0 Å². The first kappa shape index (κ1) is 11.7. The monoisotopic (exact) mass is 272 g/mol. The highest BCUT2D eigenvalue weighted by atomic mass is 35.5. The van der Waals surface area contributed by atoms with Crippen molar-refractivity contribution in [2.75, 3.05) is 5.32 Å². The maximum Gasteiger partial charge on any atom is 0.256 e. The van der Waals surface area contributed by atoms with E-state index in [-0.39, 0.29) is 5.91 Å². The number of nitrogens with zero attached hydrogens (tertiary/aromatic N) is 3. The average molecular weight is 273 g/mol. The van der Waals surface area contributed by atoms with E-state index in [2.05, 4.69) is 15.3 Å². The molecule has 0 bridgehead atoms. The molecule has 0 aromatic carbocycles. The summed E-state index contributed by atoms with van der Waals surface area (Å²) in [5, 5.41) is 3.08. The first-order chi connectivity index (χ1) is 9.24. The first-order valence-electron chi connectivity index (χ1n) is 5.57. The van der Waals surface area contributed by atoms with Gasteiger partial charge in [-0.05, 0) is 24.3 Å². The summed E-state index contributed by atoms with van der Waals surface area (Å²) in [6.07, 6.45) is 6.70. The van der Waals surface area contributed by atoms with Crippen LogP contribution in [0.25, 0.3) is 5.52 Å². The lowest BCUT2D eigenvalue weighted by Gasteiger charge is -2.06. The predicted molar refractivity (Wildman–Crippen MR) is 72.4 cm³/mol. The molecule has 1 N–H and O–H groups in total. The van der Waals surface area contributed by atoms with Crippen molar-refractivity contribution in [2.24, 2.45) is 0 Å². The van der Waals surface area contributed by atoms with Crippen LogP contribution in [-0.4, -0.2) is 20.3 Å². The van der Waals surface area contributed by atoms with Crippen molar-refractivity contribution >= 4 is 28.8 Å². The predicted octanol–water partition coefficient (Wildman–Crippen LogP) is 2.64. The summed E-state index contributed by atoms with van der Waals surface area (Å²) >= 11 is 5.94. The summed E-state index contributed by atoms with van der Waals surface area (Å²) in [5.74, 6) is 0.0897. The summed E-state index contributed by atoms with van der Waals surface area (Å²) < 4.78 is 1.82. The minimum atomic E-state index is -0.260. The molecule has 0 fully saturated rings.